The van der Waals surface area contributed by atoms with Crippen molar-refractivity contribution in [2.45, 2.75) is 64.5 Å². The normalized spacial score (nSPS) is 23.6. The molecular weight excluding hydrogens is 246 g/mol. The predicted molar refractivity (Wildman–Crippen MR) is 85.0 cm³/mol. The molecule has 1 aromatic rings. The third kappa shape index (κ3) is 3.83. The van der Waals surface area contributed by atoms with Gasteiger partial charge >= 0.3 is 0 Å². The summed E-state index contributed by atoms with van der Waals surface area (Å²) in [6.45, 7) is 7.20. The van der Waals surface area contributed by atoms with Crippen molar-refractivity contribution in [3.05, 3.63) is 35.4 Å². The minimum Gasteiger partial charge on any atom is -0.392 e. The van der Waals surface area contributed by atoms with Crippen molar-refractivity contribution in [1.29, 1.82) is 0 Å². The van der Waals surface area contributed by atoms with Crippen LogP contribution in [0.1, 0.15) is 56.6 Å². The summed E-state index contributed by atoms with van der Waals surface area (Å²) in [5.74, 6) is 1.15. The molecule has 2 nitrogen and oxygen atoms in total. The van der Waals surface area contributed by atoms with Crippen LogP contribution >= 0.6 is 0 Å². The first-order valence-corrected chi connectivity index (χ1v) is 8.12. The molecule has 0 radical (unpaired) electrons. The Morgan fingerprint density at radius 1 is 1.15 bits per heavy atom. The largest absolute Gasteiger partial charge is 0.392 e. The molecule has 0 aromatic heterocycles. The van der Waals surface area contributed by atoms with Crippen LogP contribution in [0.15, 0.2) is 24.3 Å². The lowest BCUT2D eigenvalue weighted by Crippen LogP contribution is -2.44. The smallest absolute Gasteiger partial charge is 0.0692 e. The van der Waals surface area contributed by atoms with Crippen LogP contribution in [0.4, 0.5) is 0 Å². The highest BCUT2D eigenvalue weighted by Gasteiger charge is 2.30. The lowest BCUT2D eigenvalue weighted by Gasteiger charge is -2.37. The van der Waals surface area contributed by atoms with Crippen LogP contribution in [-0.4, -0.2) is 23.8 Å². The van der Waals surface area contributed by atoms with Gasteiger partial charge < -0.3 is 10.4 Å². The van der Waals surface area contributed by atoms with Gasteiger partial charge in [0.1, 0.15) is 0 Å². The zero-order chi connectivity index (χ0) is 14.5. The molecule has 112 valence electrons. The van der Waals surface area contributed by atoms with Gasteiger partial charge in [-0.2, -0.15) is 0 Å². The maximum absolute atomic E-state index is 10.1. The number of hydrogen-bond acceptors (Lipinski definition) is 2. The Morgan fingerprint density at radius 3 is 2.30 bits per heavy atom. The Kier molecular flexibility index (Phi) is 5.62. The molecule has 1 aliphatic rings. The van der Waals surface area contributed by atoms with Gasteiger partial charge in [0, 0.05) is 12.6 Å². The maximum atomic E-state index is 10.1. The quantitative estimate of drug-likeness (QED) is 0.796. The van der Waals surface area contributed by atoms with Crippen molar-refractivity contribution in [2.75, 3.05) is 6.54 Å². The molecule has 0 bridgehead atoms. The van der Waals surface area contributed by atoms with Gasteiger partial charge in [0.05, 0.1) is 6.10 Å². The average molecular weight is 275 g/mol. The zero-order valence-electron chi connectivity index (χ0n) is 13.1. The van der Waals surface area contributed by atoms with Crippen LogP contribution in [0.2, 0.25) is 0 Å². The number of aliphatic hydroxyl groups excluding tert-OH is 1. The van der Waals surface area contributed by atoms with Gasteiger partial charge in [-0.15, -0.1) is 0 Å². The van der Waals surface area contributed by atoms with E-state index in [2.05, 4.69) is 50.4 Å². The topological polar surface area (TPSA) is 32.3 Å². The molecule has 0 aliphatic heterocycles. The highest BCUT2D eigenvalue weighted by molar-refractivity contribution is 5.26. The zero-order valence-corrected chi connectivity index (χ0v) is 13.1. The fraction of sp³-hybridized carbons (Fsp3) is 0.667. The molecule has 1 fully saturated rings. The molecule has 2 N–H and O–H groups in total. The summed E-state index contributed by atoms with van der Waals surface area (Å²) in [5.41, 5.74) is 2.80. The van der Waals surface area contributed by atoms with E-state index in [4.69, 9.17) is 0 Å². The van der Waals surface area contributed by atoms with Gasteiger partial charge in [-0.1, -0.05) is 56.5 Å². The molecule has 2 heteroatoms. The van der Waals surface area contributed by atoms with E-state index in [0.717, 1.165) is 19.4 Å². The summed E-state index contributed by atoms with van der Waals surface area (Å²) in [5, 5.41) is 13.7. The van der Waals surface area contributed by atoms with E-state index in [1.165, 1.54) is 24.0 Å². The molecular formula is C18H29NO. The molecule has 1 atom stereocenters. The Balaban J connectivity index is 1.70. The molecule has 2 rings (SSSR count). The monoisotopic (exact) mass is 275 g/mol. The molecule has 0 amide bonds. The van der Waals surface area contributed by atoms with Crippen molar-refractivity contribution in [3.8, 4) is 0 Å². The van der Waals surface area contributed by atoms with Gasteiger partial charge in [0.25, 0.3) is 0 Å². The minimum atomic E-state index is -0.191. The van der Waals surface area contributed by atoms with Gasteiger partial charge in [-0.25, -0.2) is 0 Å². The van der Waals surface area contributed by atoms with E-state index in [9.17, 15) is 5.11 Å². The number of rotatable bonds is 7. The van der Waals surface area contributed by atoms with Crippen molar-refractivity contribution < 1.29 is 5.11 Å². The first kappa shape index (κ1) is 15.5. The third-order valence-corrected chi connectivity index (χ3v) is 4.90. The summed E-state index contributed by atoms with van der Waals surface area (Å²) in [7, 11) is 0. The summed E-state index contributed by atoms with van der Waals surface area (Å²) in [4.78, 5) is 0. The number of hydrogen-bond donors (Lipinski definition) is 2. The molecule has 1 saturated carbocycles. The van der Waals surface area contributed by atoms with Crippen molar-refractivity contribution in [1.82, 2.24) is 5.32 Å². The van der Waals surface area contributed by atoms with Crippen LogP contribution in [0.5, 0.6) is 0 Å². The Bertz CT molecular complexity index is 390. The second-order valence-corrected chi connectivity index (χ2v) is 6.33. The molecule has 20 heavy (non-hydrogen) atoms. The fourth-order valence-corrected chi connectivity index (χ4v) is 3.18. The second-order valence-electron chi connectivity index (χ2n) is 6.33. The second kappa shape index (κ2) is 7.24. The highest BCUT2D eigenvalue weighted by Crippen LogP contribution is 2.36. The Labute approximate surface area is 123 Å². The fourth-order valence-electron chi connectivity index (χ4n) is 3.18. The first-order valence-electron chi connectivity index (χ1n) is 8.12. The highest BCUT2D eigenvalue weighted by atomic mass is 16.3. The van der Waals surface area contributed by atoms with E-state index in [1.807, 2.05) is 0 Å². The van der Waals surface area contributed by atoms with Gasteiger partial charge in [-0.05, 0) is 37.2 Å². The summed E-state index contributed by atoms with van der Waals surface area (Å²) in [6, 6.07) is 9.51. The van der Waals surface area contributed by atoms with Gasteiger partial charge in [0.2, 0.25) is 0 Å². The van der Waals surface area contributed by atoms with E-state index in [0.29, 0.717) is 17.9 Å². The van der Waals surface area contributed by atoms with Crippen molar-refractivity contribution >= 4 is 0 Å². The summed E-state index contributed by atoms with van der Waals surface area (Å²) < 4.78 is 0. The molecule has 1 unspecified atom stereocenters. The average Bonchev–Trinajstić information content (AvgIpc) is 2.40. The van der Waals surface area contributed by atoms with Crippen LogP contribution < -0.4 is 5.32 Å². The molecule has 0 heterocycles. The lowest BCUT2D eigenvalue weighted by atomic mass is 9.75. The molecule has 1 aliphatic carbocycles. The van der Waals surface area contributed by atoms with Crippen LogP contribution in [-0.2, 0) is 0 Å². The predicted octanol–water partition coefficient (Wildman–Crippen LogP) is 3.63. The Hall–Kier alpha value is -0.860. The SMILES string of the molecule is CCC(CC)C(O)CNC1CC(c2ccc(C)cc2)C1. The van der Waals surface area contributed by atoms with Crippen LogP contribution in [0.25, 0.3) is 0 Å². The van der Waals surface area contributed by atoms with E-state index in [1.54, 1.807) is 0 Å². The van der Waals surface area contributed by atoms with Crippen molar-refractivity contribution in [3.63, 3.8) is 0 Å². The minimum absolute atomic E-state index is 0.191. The summed E-state index contributed by atoms with van der Waals surface area (Å²) in [6.07, 6.45) is 4.35. The van der Waals surface area contributed by atoms with E-state index in [-0.39, 0.29) is 6.10 Å². The number of benzene rings is 1. The third-order valence-electron chi connectivity index (χ3n) is 4.90. The van der Waals surface area contributed by atoms with E-state index < -0.39 is 0 Å². The lowest BCUT2D eigenvalue weighted by molar-refractivity contribution is 0.0925. The van der Waals surface area contributed by atoms with Crippen LogP contribution in [0, 0.1) is 12.8 Å². The maximum Gasteiger partial charge on any atom is 0.0692 e. The van der Waals surface area contributed by atoms with Gasteiger partial charge in [-0.3, -0.25) is 0 Å². The van der Waals surface area contributed by atoms with Crippen LogP contribution in [0.3, 0.4) is 0 Å². The molecule has 1 aromatic carbocycles. The number of nitrogens with one attached hydrogen (secondary N) is 1. The van der Waals surface area contributed by atoms with E-state index >= 15 is 0 Å². The van der Waals surface area contributed by atoms with Gasteiger partial charge in [0.15, 0.2) is 0 Å². The molecule has 0 spiro atoms. The Morgan fingerprint density at radius 2 is 1.75 bits per heavy atom. The first-order chi connectivity index (χ1) is 9.63. The van der Waals surface area contributed by atoms with Crippen molar-refractivity contribution in [2.24, 2.45) is 5.92 Å². The number of aliphatic hydroxyl groups is 1. The standard InChI is InChI=1S/C18H29NO/c1-4-14(5-2)18(20)12-19-17-10-16(11-17)15-8-6-13(3)7-9-15/h6-9,14,16-20H,4-5,10-12H2,1-3H3. The molecule has 0 saturated heterocycles. The number of aryl methyl sites for hydroxylation is 1. The summed E-state index contributed by atoms with van der Waals surface area (Å²) >= 11 is 0.